The predicted octanol–water partition coefficient (Wildman–Crippen LogP) is 4.71. The summed E-state index contributed by atoms with van der Waals surface area (Å²) in [5.41, 5.74) is 10.2. The lowest BCUT2D eigenvalue weighted by atomic mass is 10.0. The van der Waals surface area contributed by atoms with Crippen molar-refractivity contribution in [3.05, 3.63) is 66.5 Å². The third-order valence-electron chi connectivity index (χ3n) is 3.83. The maximum Gasteiger partial charge on any atom is 0.133 e. The van der Waals surface area contributed by atoms with Gasteiger partial charge < -0.3 is 10.7 Å². The van der Waals surface area contributed by atoms with Crippen LogP contribution < -0.4 is 5.73 Å². The molecule has 0 saturated carbocycles. The SMILES string of the molecule is Nc1ccc(-c2ccc(F)c3c2[nH]c2ccccc23)cc1. The first-order chi connectivity index (χ1) is 10.2. The van der Waals surface area contributed by atoms with E-state index in [4.69, 9.17) is 5.73 Å². The predicted molar refractivity (Wildman–Crippen MR) is 85.6 cm³/mol. The fourth-order valence-corrected chi connectivity index (χ4v) is 2.82. The number of hydrogen-bond donors (Lipinski definition) is 2. The summed E-state index contributed by atoms with van der Waals surface area (Å²) in [6.45, 7) is 0. The average Bonchev–Trinajstić information content (AvgIpc) is 2.89. The van der Waals surface area contributed by atoms with E-state index in [0.717, 1.165) is 27.5 Å². The Balaban J connectivity index is 2.11. The molecule has 0 aliphatic carbocycles. The van der Waals surface area contributed by atoms with Crippen LogP contribution in [0.25, 0.3) is 32.9 Å². The van der Waals surface area contributed by atoms with Gasteiger partial charge in [-0.15, -0.1) is 0 Å². The summed E-state index contributed by atoms with van der Waals surface area (Å²) < 4.78 is 14.3. The summed E-state index contributed by atoms with van der Waals surface area (Å²) in [4.78, 5) is 3.33. The number of anilines is 1. The Morgan fingerprint density at radius 1 is 0.857 bits per heavy atom. The van der Waals surface area contributed by atoms with Crippen LogP contribution in [0.4, 0.5) is 10.1 Å². The molecule has 0 aliphatic rings. The molecule has 3 N–H and O–H groups in total. The van der Waals surface area contributed by atoms with Gasteiger partial charge in [-0.05, 0) is 35.9 Å². The summed E-state index contributed by atoms with van der Waals surface area (Å²) >= 11 is 0. The van der Waals surface area contributed by atoms with Gasteiger partial charge in [0.05, 0.1) is 5.52 Å². The Morgan fingerprint density at radius 2 is 1.62 bits per heavy atom. The van der Waals surface area contributed by atoms with Crippen LogP contribution >= 0.6 is 0 Å². The Morgan fingerprint density at radius 3 is 2.43 bits per heavy atom. The van der Waals surface area contributed by atoms with Crippen LogP contribution in [0, 0.1) is 5.82 Å². The summed E-state index contributed by atoms with van der Waals surface area (Å²) in [7, 11) is 0. The van der Waals surface area contributed by atoms with Gasteiger partial charge >= 0.3 is 0 Å². The Kier molecular flexibility index (Phi) is 2.48. The second-order valence-electron chi connectivity index (χ2n) is 5.14. The minimum Gasteiger partial charge on any atom is -0.399 e. The van der Waals surface area contributed by atoms with Crippen molar-refractivity contribution in [2.24, 2.45) is 0 Å². The van der Waals surface area contributed by atoms with Crippen molar-refractivity contribution < 1.29 is 4.39 Å². The highest BCUT2D eigenvalue weighted by Gasteiger charge is 2.13. The van der Waals surface area contributed by atoms with E-state index in [1.807, 2.05) is 48.5 Å². The maximum atomic E-state index is 14.3. The normalized spacial score (nSPS) is 11.3. The van der Waals surface area contributed by atoms with E-state index < -0.39 is 0 Å². The molecule has 3 heteroatoms. The first-order valence-corrected chi connectivity index (χ1v) is 6.79. The highest BCUT2D eigenvalue weighted by atomic mass is 19.1. The minimum atomic E-state index is -0.207. The number of aromatic amines is 1. The fourth-order valence-electron chi connectivity index (χ4n) is 2.82. The monoisotopic (exact) mass is 276 g/mol. The standard InChI is InChI=1S/C18H13FN2/c19-15-10-9-13(11-5-7-12(20)8-6-11)18-17(15)14-3-1-2-4-16(14)21-18/h1-10,21H,20H2. The molecular weight excluding hydrogens is 263 g/mol. The number of nitrogens with two attached hydrogens (primary N) is 1. The Hall–Kier alpha value is -2.81. The van der Waals surface area contributed by atoms with E-state index in [1.54, 1.807) is 6.07 Å². The molecule has 4 aromatic rings. The molecule has 21 heavy (non-hydrogen) atoms. The molecule has 1 heterocycles. The molecule has 2 nitrogen and oxygen atoms in total. The highest BCUT2D eigenvalue weighted by Crippen LogP contribution is 2.34. The summed E-state index contributed by atoms with van der Waals surface area (Å²) in [6.07, 6.45) is 0. The number of rotatable bonds is 1. The zero-order chi connectivity index (χ0) is 14.4. The number of H-pyrrole nitrogens is 1. The Bertz CT molecular complexity index is 952. The van der Waals surface area contributed by atoms with Crippen molar-refractivity contribution in [3.8, 4) is 11.1 Å². The van der Waals surface area contributed by atoms with Crippen molar-refractivity contribution in [1.29, 1.82) is 0 Å². The van der Waals surface area contributed by atoms with Gasteiger partial charge in [0.1, 0.15) is 5.82 Å². The molecule has 102 valence electrons. The summed E-state index contributed by atoms with van der Waals surface area (Å²) in [6, 6.07) is 18.7. The van der Waals surface area contributed by atoms with E-state index in [1.165, 1.54) is 6.07 Å². The molecule has 0 saturated heterocycles. The molecule has 0 amide bonds. The van der Waals surface area contributed by atoms with E-state index >= 15 is 0 Å². The van der Waals surface area contributed by atoms with Gasteiger partial charge in [0.2, 0.25) is 0 Å². The largest absolute Gasteiger partial charge is 0.399 e. The van der Waals surface area contributed by atoms with Crippen molar-refractivity contribution in [2.45, 2.75) is 0 Å². The van der Waals surface area contributed by atoms with Gasteiger partial charge in [0.15, 0.2) is 0 Å². The van der Waals surface area contributed by atoms with Gasteiger partial charge in [0.25, 0.3) is 0 Å². The van der Waals surface area contributed by atoms with E-state index in [0.29, 0.717) is 11.1 Å². The van der Waals surface area contributed by atoms with Gasteiger partial charge in [-0.25, -0.2) is 4.39 Å². The van der Waals surface area contributed by atoms with Crippen LogP contribution in [0.15, 0.2) is 60.7 Å². The lowest BCUT2D eigenvalue weighted by Gasteiger charge is -2.05. The van der Waals surface area contributed by atoms with Crippen LogP contribution in [0.2, 0.25) is 0 Å². The number of halogens is 1. The molecule has 0 atom stereocenters. The third-order valence-corrected chi connectivity index (χ3v) is 3.83. The number of para-hydroxylation sites is 1. The highest BCUT2D eigenvalue weighted by molar-refractivity contribution is 6.12. The quantitative estimate of drug-likeness (QED) is 0.486. The van der Waals surface area contributed by atoms with E-state index in [2.05, 4.69) is 4.98 Å². The number of hydrogen-bond acceptors (Lipinski definition) is 1. The number of nitrogen functional groups attached to an aromatic ring is 1. The Labute approximate surface area is 121 Å². The topological polar surface area (TPSA) is 41.8 Å². The lowest BCUT2D eigenvalue weighted by molar-refractivity contribution is 0.641. The van der Waals surface area contributed by atoms with Crippen LogP contribution in [-0.4, -0.2) is 4.98 Å². The summed E-state index contributed by atoms with van der Waals surface area (Å²) in [5, 5.41) is 1.54. The zero-order valence-electron chi connectivity index (χ0n) is 11.2. The fraction of sp³-hybridized carbons (Fsp3) is 0. The second-order valence-corrected chi connectivity index (χ2v) is 5.14. The molecule has 0 bridgehead atoms. The minimum absolute atomic E-state index is 0.207. The zero-order valence-corrected chi connectivity index (χ0v) is 11.2. The molecule has 0 fully saturated rings. The molecule has 0 unspecified atom stereocenters. The van der Waals surface area contributed by atoms with Crippen LogP contribution in [0.3, 0.4) is 0 Å². The van der Waals surface area contributed by atoms with Gasteiger partial charge in [-0.3, -0.25) is 0 Å². The van der Waals surface area contributed by atoms with E-state index in [-0.39, 0.29) is 5.82 Å². The molecule has 0 radical (unpaired) electrons. The number of nitrogens with one attached hydrogen (secondary N) is 1. The lowest BCUT2D eigenvalue weighted by Crippen LogP contribution is -1.86. The van der Waals surface area contributed by atoms with Gasteiger partial charge in [-0.2, -0.15) is 0 Å². The third kappa shape index (κ3) is 1.78. The average molecular weight is 276 g/mol. The van der Waals surface area contributed by atoms with Crippen molar-refractivity contribution in [2.75, 3.05) is 5.73 Å². The van der Waals surface area contributed by atoms with Gasteiger partial charge in [0, 0.05) is 27.5 Å². The molecule has 4 rings (SSSR count). The second kappa shape index (κ2) is 4.35. The molecule has 3 aromatic carbocycles. The number of benzene rings is 3. The van der Waals surface area contributed by atoms with Crippen molar-refractivity contribution >= 4 is 27.5 Å². The molecular formula is C18H13FN2. The number of aromatic nitrogens is 1. The van der Waals surface area contributed by atoms with E-state index in [9.17, 15) is 4.39 Å². The van der Waals surface area contributed by atoms with Crippen LogP contribution in [-0.2, 0) is 0 Å². The number of fused-ring (bicyclic) bond motifs is 3. The molecule has 0 aliphatic heterocycles. The molecule has 0 spiro atoms. The van der Waals surface area contributed by atoms with Gasteiger partial charge in [-0.1, -0.05) is 30.3 Å². The van der Waals surface area contributed by atoms with Crippen LogP contribution in [0.5, 0.6) is 0 Å². The van der Waals surface area contributed by atoms with Crippen molar-refractivity contribution in [1.82, 2.24) is 4.98 Å². The maximum absolute atomic E-state index is 14.3. The molecule has 1 aromatic heterocycles. The first kappa shape index (κ1) is 12.0. The van der Waals surface area contributed by atoms with Crippen LogP contribution in [0.1, 0.15) is 0 Å². The first-order valence-electron chi connectivity index (χ1n) is 6.79. The van der Waals surface area contributed by atoms with Crippen molar-refractivity contribution in [3.63, 3.8) is 0 Å². The smallest absolute Gasteiger partial charge is 0.133 e. The summed E-state index contributed by atoms with van der Waals surface area (Å²) in [5.74, 6) is -0.207.